The van der Waals surface area contributed by atoms with Crippen LogP contribution < -0.4 is 5.73 Å². The van der Waals surface area contributed by atoms with Crippen LogP contribution in [0, 0.1) is 0 Å². The molecule has 126 valence electrons. The summed E-state index contributed by atoms with van der Waals surface area (Å²) < 4.78 is 0. The molecular formula is C15H25NO6. The maximum atomic E-state index is 9.94. The Bertz CT molecular complexity index is 411. The van der Waals surface area contributed by atoms with Crippen molar-refractivity contribution >= 4 is 0 Å². The first-order valence-electron chi connectivity index (χ1n) is 7.12. The molecular weight excluding hydrogens is 290 g/mol. The molecule has 0 aliphatic heterocycles. The summed E-state index contributed by atoms with van der Waals surface area (Å²) in [6.45, 7) is -1.23. The Balaban J connectivity index is 2.99. The topological polar surface area (TPSA) is 147 Å². The Morgan fingerprint density at radius 3 is 1.55 bits per heavy atom. The first-order valence-corrected chi connectivity index (χ1v) is 7.12. The SMILES string of the molecule is NC(CC(O)C(O)CO)(CC(O)C(O)CO)c1ccccc1. The van der Waals surface area contributed by atoms with Crippen molar-refractivity contribution in [2.24, 2.45) is 5.73 Å². The number of benzene rings is 1. The summed E-state index contributed by atoms with van der Waals surface area (Å²) in [5.41, 5.74) is 5.66. The fourth-order valence-corrected chi connectivity index (χ4v) is 2.35. The summed E-state index contributed by atoms with van der Waals surface area (Å²) >= 11 is 0. The summed E-state index contributed by atoms with van der Waals surface area (Å²) in [7, 11) is 0. The fraction of sp³-hybridized carbons (Fsp3) is 0.600. The highest BCUT2D eigenvalue weighted by molar-refractivity contribution is 5.24. The van der Waals surface area contributed by atoms with Crippen LogP contribution in [-0.2, 0) is 5.54 Å². The number of hydrogen-bond acceptors (Lipinski definition) is 7. The number of hydrogen-bond donors (Lipinski definition) is 7. The Labute approximate surface area is 129 Å². The zero-order valence-electron chi connectivity index (χ0n) is 12.3. The Morgan fingerprint density at radius 1 is 0.773 bits per heavy atom. The van der Waals surface area contributed by atoms with Crippen LogP contribution in [0.15, 0.2) is 30.3 Å². The highest BCUT2D eigenvalue weighted by Crippen LogP contribution is 2.30. The molecule has 0 saturated heterocycles. The van der Waals surface area contributed by atoms with Crippen molar-refractivity contribution in [2.75, 3.05) is 13.2 Å². The molecule has 4 atom stereocenters. The molecule has 0 aliphatic rings. The normalized spacial score (nSPS) is 20.0. The molecule has 0 amide bonds. The third-order valence-corrected chi connectivity index (χ3v) is 3.76. The molecule has 0 heterocycles. The van der Waals surface area contributed by atoms with Crippen LogP contribution in [-0.4, -0.2) is 68.3 Å². The number of nitrogens with two attached hydrogens (primary N) is 1. The van der Waals surface area contributed by atoms with Gasteiger partial charge >= 0.3 is 0 Å². The number of rotatable bonds is 9. The monoisotopic (exact) mass is 315 g/mol. The van der Waals surface area contributed by atoms with Crippen LogP contribution in [0.2, 0.25) is 0 Å². The predicted octanol–water partition coefficient (Wildman–Crippen LogP) is -1.95. The molecule has 1 rings (SSSR count). The zero-order valence-corrected chi connectivity index (χ0v) is 12.3. The summed E-state index contributed by atoms with van der Waals surface area (Å²) in [4.78, 5) is 0. The van der Waals surface area contributed by atoms with Crippen LogP contribution in [0.1, 0.15) is 18.4 Å². The van der Waals surface area contributed by atoms with E-state index in [1.165, 1.54) is 0 Å². The maximum absolute atomic E-state index is 9.94. The van der Waals surface area contributed by atoms with Gasteiger partial charge in [0.1, 0.15) is 12.2 Å². The van der Waals surface area contributed by atoms with Crippen molar-refractivity contribution < 1.29 is 30.6 Å². The molecule has 0 saturated carbocycles. The second kappa shape index (κ2) is 8.54. The van der Waals surface area contributed by atoms with E-state index >= 15 is 0 Å². The second-order valence-electron chi connectivity index (χ2n) is 5.56. The quantitative estimate of drug-likeness (QED) is 0.280. The Morgan fingerprint density at radius 2 is 1.18 bits per heavy atom. The molecule has 1 aromatic carbocycles. The number of aliphatic hydroxyl groups excluding tert-OH is 6. The molecule has 7 heteroatoms. The van der Waals surface area contributed by atoms with E-state index in [1.807, 2.05) is 0 Å². The average molecular weight is 315 g/mol. The average Bonchev–Trinajstić information content (AvgIpc) is 2.53. The van der Waals surface area contributed by atoms with E-state index in [0.29, 0.717) is 5.56 Å². The molecule has 0 spiro atoms. The third-order valence-electron chi connectivity index (χ3n) is 3.76. The molecule has 8 N–H and O–H groups in total. The van der Waals surface area contributed by atoms with Gasteiger partial charge in [0.05, 0.1) is 25.4 Å². The lowest BCUT2D eigenvalue weighted by Crippen LogP contribution is -2.48. The Hall–Kier alpha value is -1.06. The van der Waals surface area contributed by atoms with Crippen molar-refractivity contribution in [3.05, 3.63) is 35.9 Å². The molecule has 0 aromatic heterocycles. The molecule has 22 heavy (non-hydrogen) atoms. The third kappa shape index (κ3) is 4.99. The summed E-state index contributed by atoms with van der Waals surface area (Å²) in [6.07, 6.45) is -5.57. The van der Waals surface area contributed by atoms with E-state index < -0.39 is 43.2 Å². The highest BCUT2D eigenvalue weighted by atomic mass is 16.4. The van der Waals surface area contributed by atoms with Gasteiger partial charge < -0.3 is 36.4 Å². The van der Waals surface area contributed by atoms with Gasteiger partial charge in [-0.15, -0.1) is 0 Å². The van der Waals surface area contributed by atoms with Gasteiger partial charge in [0.25, 0.3) is 0 Å². The largest absolute Gasteiger partial charge is 0.394 e. The summed E-state index contributed by atoms with van der Waals surface area (Å²) in [5, 5.41) is 56.7. The minimum Gasteiger partial charge on any atom is -0.394 e. The lowest BCUT2D eigenvalue weighted by Gasteiger charge is -2.35. The minimum absolute atomic E-state index is 0.131. The standard InChI is InChI=1S/C15H25NO6/c16-15(6-11(19)13(21)8-17,7-12(20)14(22)9-18)10-4-2-1-3-5-10/h1-5,11-14,17-22H,6-9,16H2. The first-order chi connectivity index (χ1) is 10.3. The van der Waals surface area contributed by atoms with Crippen LogP contribution in [0.5, 0.6) is 0 Å². The van der Waals surface area contributed by atoms with Gasteiger partial charge in [0.2, 0.25) is 0 Å². The van der Waals surface area contributed by atoms with Crippen LogP contribution in [0.3, 0.4) is 0 Å². The smallest absolute Gasteiger partial charge is 0.103 e. The lowest BCUT2D eigenvalue weighted by atomic mass is 9.79. The first kappa shape index (κ1) is 19.0. The van der Waals surface area contributed by atoms with Gasteiger partial charge in [-0.1, -0.05) is 30.3 Å². The predicted molar refractivity (Wildman–Crippen MR) is 79.7 cm³/mol. The minimum atomic E-state index is -1.36. The number of aliphatic hydroxyl groups is 6. The lowest BCUT2D eigenvalue weighted by molar-refractivity contribution is -0.0497. The fourth-order valence-electron chi connectivity index (χ4n) is 2.35. The van der Waals surface area contributed by atoms with Crippen LogP contribution >= 0.6 is 0 Å². The molecule has 0 radical (unpaired) electrons. The molecule has 1 aromatic rings. The molecule has 0 aliphatic carbocycles. The maximum Gasteiger partial charge on any atom is 0.103 e. The van der Waals surface area contributed by atoms with Gasteiger partial charge in [-0.05, 0) is 18.4 Å². The van der Waals surface area contributed by atoms with Crippen molar-refractivity contribution in [1.29, 1.82) is 0 Å². The van der Waals surface area contributed by atoms with Gasteiger partial charge in [0, 0.05) is 5.54 Å². The van der Waals surface area contributed by atoms with Gasteiger partial charge in [-0.3, -0.25) is 0 Å². The Kier molecular flexibility index (Phi) is 7.37. The summed E-state index contributed by atoms with van der Waals surface area (Å²) in [5.74, 6) is 0. The van der Waals surface area contributed by atoms with Gasteiger partial charge in [-0.2, -0.15) is 0 Å². The van der Waals surface area contributed by atoms with E-state index in [4.69, 9.17) is 15.9 Å². The van der Waals surface area contributed by atoms with E-state index in [0.717, 1.165) is 0 Å². The van der Waals surface area contributed by atoms with Crippen LogP contribution in [0.4, 0.5) is 0 Å². The molecule has 4 unspecified atom stereocenters. The second-order valence-corrected chi connectivity index (χ2v) is 5.56. The van der Waals surface area contributed by atoms with E-state index in [-0.39, 0.29) is 12.8 Å². The van der Waals surface area contributed by atoms with Crippen LogP contribution in [0.25, 0.3) is 0 Å². The van der Waals surface area contributed by atoms with Crippen molar-refractivity contribution in [1.82, 2.24) is 0 Å². The summed E-state index contributed by atoms with van der Waals surface area (Å²) in [6, 6.07) is 8.66. The molecule has 0 bridgehead atoms. The van der Waals surface area contributed by atoms with Gasteiger partial charge in [0.15, 0.2) is 0 Å². The molecule has 0 fully saturated rings. The highest BCUT2D eigenvalue weighted by Gasteiger charge is 2.36. The van der Waals surface area contributed by atoms with Gasteiger partial charge in [-0.25, -0.2) is 0 Å². The van der Waals surface area contributed by atoms with Crippen molar-refractivity contribution in [3.63, 3.8) is 0 Å². The van der Waals surface area contributed by atoms with Crippen molar-refractivity contribution in [3.8, 4) is 0 Å². The van der Waals surface area contributed by atoms with E-state index in [2.05, 4.69) is 0 Å². The zero-order chi connectivity index (χ0) is 16.8. The van der Waals surface area contributed by atoms with E-state index in [1.54, 1.807) is 30.3 Å². The van der Waals surface area contributed by atoms with E-state index in [9.17, 15) is 20.4 Å². The van der Waals surface area contributed by atoms with Crippen molar-refractivity contribution in [2.45, 2.75) is 42.8 Å². The molecule has 7 nitrogen and oxygen atoms in total.